The molecule has 0 aliphatic rings. The average Bonchev–Trinajstić information content (AvgIpc) is 2.51. The maximum Gasteiger partial charge on any atom is 0.437 e. The van der Waals surface area contributed by atoms with Gasteiger partial charge in [-0.25, -0.2) is 4.79 Å². The van der Waals surface area contributed by atoms with Crippen LogP contribution in [0.25, 0.3) is 6.08 Å². The van der Waals surface area contributed by atoms with Gasteiger partial charge in [0, 0.05) is 7.11 Å². The van der Waals surface area contributed by atoms with Crippen LogP contribution in [0.3, 0.4) is 0 Å². The van der Waals surface area contributed by atoms with E-state index in [0.29, 0.717) is 5.56 Å². The van der Waals surface area contributed by atoms with E-state index in [2.05, 4.69) is 20.8 Å². The predicted octanol–water partition coefficient (Wildman–Crippen LogP) is 3.86. The number of benzene rings is 1. The highest BCUT2D eigenvalue weighted by atomic mass is 19.4. The summed E-state index contributed by atoms with van der Waals surface area (Å²) in [4.78, 5) is 11.7. The molecule has 25 heavy (non-hydrogen) atoms. The molecule has 0 saturated carbocycles. The van der Waals surface area contributed by atoms with E-state index in [0.717, 1.165) is 7.11 Å². The fourth-order valence-corrected chi connectivity index (χ4v) is 1.76. The molecular formula is C15H14F6O4. The molecule has 10 heteroatoms. The van der Waals surface area contributed by atoms with Crippen LogP contribution in [0.4, 0.5) is 26.3 Å². The van der Waals surface area contributed by atoms with Gasteiger partial charge in [-0.3, -0.25) is 0 Å². The Bertz CT molecular complexity index is 578. The van der Waals surface area contributed by atoms with Gasteiger partial charge in [0.05, 0.1) is 0 Å². The van der Waals surface area contributed by atoms with Gasteiger partial charge in [-0.15, -0.1) is 0 Å². The highest BCUT2D eigenvalue weighted by molar-refractivity contribution is 5.82. The van der Waals surface area contributed by atoms with Gasteiger partial charge < -0.3 is 14.2 Å². The topological polar surface area (TPSA) is 44.8 Å². The van der Waals surface area contributed by atoms with Crippen molar-refractivity contribution in [2.75, 3.05) is 13.9 Å². The summed E-state index contributed by atoms with van der Waals surface area (Å²) in [5.41, 5.74) is -4.29. The van der Waals surface area contributed by atoms with E-state index in [4.69, 9.17) is 0 Å². The second kappa shape index (κ2) is 7.87. The van der Waals surface area contributed by atoms with Gasteiger partial charge >= 0.3 is 23.9 Å². The highest BCUT2D eigenvalue weighted by Gasteiger charge is 2.78. The molecule has 140 valence electrons. The van der Waals surface area contributed by atoms with Crippen molar-refractivity contribution in [3.8, 4) is 0 Å². The molecule has 0 unspecified atom stereocenters. The van der Waals surface area contributed by atoms with Crippen LogP contribution >= 0.6 is 0 Å². The Kier molecular flexibility index (Phi) is 6.61. The van der Waals surface area contributed by atoms with Crippen LogP contribution in [-0.4, -0.2) is 37.8 Å². The van der Waals surface area contributed by atoms with E-state index in [1.807, 2.05) is 0 Å². The number of hydrogen-bond donors (Lipinski definition) is 0. The van der Waals surface area contributed by atoms with Crippen LogP contribution < -0.4 is 0 Å². The Morgan fingerprint density at radius 2 is 1.60 bits per heavy atom. The smallest absolute Gasteiger partial charge is 0.437 e. The largest absolute Gasteiger partial charge is 0.458 e. The van der Waals surface area contributed by atoms with Gasteiger partial charge in [0.2, 0.25) is 0 Å². The molecule has 0 bridgehead atoms. The molecule has 0 atom stereocenters. The van der Waals surface area contributed by atoms with Crippen molar-refractivity contribution >= 4 is 12.0 Å². The molecule has 0 aliphatic heterocycles. The molecule has 4 nitrogen and oxygen atoms in total. The predicted molar refractivity (Wildman–Crippen MR) is 74.1 cm³/mol. The minimum Gasteiger partial charge on any atom is -0.458 e. The van der Waals surface area contributed by atoms with E-state index >= 15 is 0 Å². The van der Waals surface area contributed by atoms with Gasteiger partial charge in [0.1, 0.15) is 13.4 Å². The Morgan fingerprint density at radius 1 is 1.08 bits per heavy atom. The Balaban J connectivity index is 3.07. The van der Waals surface area contributed by atoms with Crippen molar-refractivity contribution in [1.82, 2.24) is 0 Å². The number of esters is 1. The molecule has 0 fully saturated rings. The summed E-state index contributed by atoms with van der Waals surface area (Å²) < 4.78 is 90.4. The monoisotopic (exact) mass is 372 g/mol. The van der Waals surface area contributed by atoms with Crippen LogP contribution in [0.2, 0.25) is 0 Å². The highest BCUT2D eigenvalue weighted by Crippen LogP contribution is 2.46. The van der Waals surface area contributed by atoms with Crippen LogP contribution in [0.1, 0.15) is 11.1 Å². The zero-order valence-electron chi connectivity index (χ0n) is 12.9. The molecule has 1 aromatic carbocycles. The lowest BCUT2D eigenvalue weighted by Crippen LogP contribution is -2.64. The zero-order chi connectivity index (χ0) is 19.3. The standard InChI is InChI=1S/C15H14F6O4/c1-3-10-4-6-11(7-5-10)8-24-12(22)13(14(16,17)18,15(19,20)21)25-9-23-2/h3-7H,1,8-9H2,2H3. The molecule has 0 aromatic heterocycles. The second-order valence-electron chi connectivity index (χ2n) is 4.75. The number of halogens is 6. The summed E-state index contributed by atoms with van der Waals surface area (Å²) in [7, 11) is 0.810. The number of methoxy groups -OCH3 is 1. The van der Waals surface area contributed by atoms with E-state index in [-0.39, 0.29) is 5.56 Å². The number of ether oxygens (including phenoxy) is 3. The number of hydrogen-bond acceptors (Lipinski definition) is 4. The molecular weight excluding hydrogens is 358 g/mol. The van der Waals surface area contributed by atoms with E-state index < -0.39 is 37.3 Å². The fraction of sp³-hybridized carbons (Fsp3) is 0.400. The molecule has 0 radical (unpaired) electrons. The zero-order valence-corrected chi connectivity index (χ0v) is 12.9. The van der Waals surface area contributed by atoms with Crippen molar-refractivity contribution in [1.29, 1.82) is 0 Å². The first-order valence-electron chi connectivity index (χ1n) is 6.64. The molecule has 1 rings (SSSR count). The first-order chi connectivity index (χ1) is 11.5. The second-order valence-corrected chi connectivity index (χ2v) is 4.75. The third-order valence-electron chi connectivity index (χ3n) is 3.06. The van der Waals surface area contributed by atoms with Crippen LogP contribution in [-0.2, 0) is 25.6 Å². The quantitative estimate of drug-likeness (QED) is 0.414. The summed E-state index contributed by atoms with van der Waals surface area (Å²) in [6.07, 6.45) is -10.7. The maximum absolute atomic E-state index is 13.1. The molecule has 0 N–H and O–H groups in total. The summed E-state index contributed by atoms with van der Waals surface area (Å²) in [6, 6.07) is 5.73. The lowest BCUT2D eigenvalue weighted by Gasteiger charge is -2.34. The lowest BCUT2D eigenvalue weighted by molar-refractivity contribution is -0.380. The third kappa shape index (κ3) is 4.51. The van der Waals surface area contributed by atoms with Crippen molar-refractivity contribution in [3.05, 3.63) is 42.0 Å². The summed E-state index contributed by atoms with van der Waals surface area (Å²) in [6.45, 7) is 1.27. The van der Waals surface area contributed by atoms with Crippen LogP contribution in [0.15, 0.2) is 30.8 Å². The molecule has 0 spiro atoms. The fourth-order valence-electron chi connectivity index (χ4n) is 1.76. The van der Waals surface area contributed by atoms with Crippen molar-refractivity contribution in [2.24, 2.45) is 0 Å². The Hall–Kier alpha value is -2.07. The number of rotatable bonds is 7. The van der Waals surface area contributed by atoms with Crippen molar-refractivity contribution in [3.63, 3.8) is 0 Å². The molecule has 0 aliphatic carbocycles. The van der Waals surface area contributed by atoms with Crippen molar-refractivity contribution < 1.29 is 45.3 Å². The van der Waals surface area contributed by atoms with Crippen molar-refractivity contribution in [2.45, 2.75) is 24.6 Å². The van der Waals surface area contributed by atoms with Gasteiger partial charge in [-0.05, 0) is 11.1 Å². The van der Waals surface area contributed by atoms with Gasteiger partial charge in [0.25, 0.3) is 0 Å². The Labute approximate surface area is 139 Å². The number of carbonyl (C=O) groups is 1. The third-order valence-corrected chi connectivity index (χ3v) is 3.06. The van der Waals surface area contributed by atoms with E-state index in [1.54, 1.807) is 0 Å². The molecule has 1 aromatic rings. The minimum absolute atomic E-state index is 0.184. The Morgan fingerprint density at radius 3 is 2.00 bits per heavy atom. The number of alkyl halides is 6. The maximum atomic E-state index is 13.1. The van der Waals surface area contributed by atoms with Crippen LogP contribution in [0, 0.1) is 0 Å². The average molecular weight is 372 g/mol. The van der Waals surface area contributed by atoms with E-state index in [9.17, 15) is 31.1 Å². The molecule has 0 amide bonds. The first-order valence-corrected chi connectivity index (χ1v) is 6.64. The summed E-state index contributed by atoms with van der Waals surface area (Å²) in [5.74, 6) is -2.63. The molecule has 0 heterocycles. The number of carbonyl (C=O) groups excluding carboxylic acids is 1. The van der Waals surface area contributed by atoms with Gasteiger partial charge in [-0.2, -0.15) is 26.3 Å². The van der Waals surface area contributed by atoms with Crippen LogP contribution in [0.5, 0.6) is 0 Å². The summed E-state index contributed by atoms with van der Waals surface area (Å²) >= 11 is 0. The lowest BCUT2D eigenvalue weighted by atomic mass is 10.0. The first kappa shape index (κ1) is 21.0. The van der Waals surface area contributed by atoms with Gasteiger partial charge in [-0.1, -0.05) is 36.9 Å². The van der Waals surface area contributed by atoms with Gasteiger partial charge in [0.15, 0.2) is 0 Å². The normalized spacial score (nSPS) is 12.8. The SMILES string of the molecule is C=Cc1ccc(COC(=O)C(OCOC)(C(F)(F)F)C(F)(F)F)cc1. The minimum atomic E-state index is -6.10. The summed E-state index contributed by atoms with van der Waals surface area (Å²) in [5, 5.41) is 0. The molecule has 0 saturated heterocycles. The van der Waals surface area contributed by atoms with E-state index in [1.165, 1.54) is 30.3 Å².